The normalized spacial score (nSPS) is 16.8. The summed E-state index contributed by atoms with van der Waals surface area (Å²) in [7, 11) is -3.93. The number of nitrogens with zero attached hydrogens (tertiary/aromatic N) is 1. The van der Waals surface area contributed by atoms with Gasteiger partial charge in [0.2, 0.25) is 15.9 Å². The number of aromatic nitrogens is 1. The maximum atomic E-state index is 12.9. The Balaban J connectivity index is 0.00000364. The van der Waals surface area contributed by atoms with Crippen LogP contribution in [0.2, 0.25) is 0 Å². The van der Waals surface area contributed by atoms with Crippen LogP contribution in [-0.2, 0) is 14.8 Å². The molecule has 1 fully saturated rings. The molecular weight excluding hydrogens is 392 g/mol. The first-order chi connectivity index (χ1) is 12.1. The minimum Gasteiger partial charge on any atom is -0.360 e. The van der Waals surface area contributed by atoms with Gasteiger partial charge in [0, 0.05) is 12.1 Å². The lowest BCUT2D eigenvalue weighted by Crippen LogP contribution is -2.60. The Kier molecular flexibility index (Phi) is 7.87. The van der Waals surface area contributed by atoms with Crippen LogP contribution in [0, 0.1) is 13.8 Å². The van der Waals surface area contributed by atoms with Crippen molar-refractivity contribution in [2.24, 2.45) is 5.73 Å². The zero-order valence-electron chi connectivity index (χ0n) is 16.4. The number of carbonyl (C=O) groups is 1. The van der Waals surface area contributed by atoms with Gasteiger partial charge < -0.3 is 15.6 Å². The van der Waals surface area contributed by atoms with Crippen molar-refractivity contribution in [3.05, 3.63) is 11.5 Å². The van der Waals surface area contributed by atoms with E-state index in [0.29, 0.717) is 19.4 Å². The molecule has 1 aromatic rings. The number of sulfonamides is 1. The summed E-state index contributed by atoms with van der Waals surface area (Å²) in [6.07, 6.45) is 3.93. The predicted octanol–water partition coefficient (Wildman–Crippen LogP) is 1.94. The molecule has 0 radical (unpaired) electrons. The molecule has 1 amide bonds. The molecule has 0 bridgehead atoms. The van der Waals surface area contributed by atoms with Gasteiger partial charge in [0.15, 0.2) is 5.76 Å². The van der Waals surface area contributed by atoms with Crippen LogP contribution in [0.3, 0.4) is 0 Å². The Morgan fingerprint density at radius 3 is 2.26 bits per heavy atom. The molecule has 8 nitrogen and oxygen atoms in total. The Morgan fingerprint density at radius 2 is 1.81 bits per heavy atom. The number of hydrogen-bond donors (Lipinski definition) is 3. The van der Waals surface area contributed by atoms with E-state index in [-0.39, 0.29) is 34.7 Å². The third kappa shape index (κ3) is 5.01. The number of rotatable bonds is 8. The molecule has 156 valence electrons. The summed E-state index contributed by atoms with van der Waals surface area (Å²) >= 11 is 0. The molecule has 10 heteroatoms. The number of amides is 1. The standard InChI is InChI=1S/C17H30N4O4S.ClH/c1-5-16(18,6-2)11-19-15(22)17(9-7-8-10-17)21-26(23,24)14-12(3)20-25-13(14)4;/h21H,5-11,18H2,1-4H3,(H,19,22);1H. The maximum Gasteiger partial charge on any atom is 0.246 e. The fourth-order valence-corrected chi connectivity index (χ4v) is 5.20. The highest BCUT2D eigenvalue weighted by molar-refractivity contribution is 7.89. The van der Waals surface area contributed by atoms with Crippen LogP contribution in [0.15, 0.2) is 9.42 Å². The number of aryl methyl sites for hydroxylation is 2. The van der Waals surface area contributed by atoms with Crippen molar-refractivity contribution in [1.29, 1.82) is 0 Å². The first-order valence-electron chi connectivity index (χ1n) is 9.13. The minimum absolute atomic E-state index is 0. The van der Waals surface area contributed by atoms with Crippen molar-refractivity contribution >= 4 is 28.3 Å². The molecule has 1 aliphatic carbocycles. The van der Waals surface area contributed by atoms with Crippen LogP contribution >= 0.6 is 12.4 Å². The summed E-state index contributed by atoms with van der Waals surface area (Å²) < 4.78 is 33.4. The van der Waals surface area contributed by atoms with Crippen molar-refractivity contribution in [1.82, 2.24) is 15.2 Å². The quantitative estimate of drug-likeness (QED) is 0.587. The monoisotopic (exact) mass is 422 g/mol. The second kappa shape index (κ2) is 8.89. The van der Waals surface area contributed by atoms with Crippen LogP contribution in [0.1, 0.15) is 63.8 Å². The van der Waals surface area contributed by atoms with Gasteiger partial charge in [-0.2, -0.15) is 4.72 Å². The predicted molar refractivity (Wildman–Crippen MR) is 105 cm³/mol. The summed E-state index contributed by atoms with van der Waals surface area (Å²) in [4.78, 5) is 12.9. The molecular formula is C17H31ClN4O4S. The Bertz CT molecular complexity index is 733. The summed E-state index contributed by atoms with van der Waals surface area (Å²) in [5.41, 5.74) is 4.89. The molecule has 1 saturated carbocycles. The molecule has 2 rings (SSSR count). The van der Waals surface area contributed by atoms with E-state index in [1.54, 1.807) is 13.8 Å². The van der Waals surface area contributed by atoms with Crippen molar-refractivity contribution in [3.63, 3.8) is 0 Å². The molecule has 4 N–H and O–H groups in total. The molecule has 1 aromatic heterocycles. The fourth-order valence-electron chi connectivity index (χ4n) is 3.45. The van der Waals surface area contributed by atoms with E-state index < -0.39 is 21.1 Å². The Morgan fingerprint density at radius 1 is 1.26 bits per heavy atom. The van der Waals surface area contributed by atoms with Crippen molar-refractivity contribution < 1.29 is 17.7 Å². The van der Waals surface area contributed by atoms with Crippen LogP contribution in [0.5, 0.6) is 0 Å². The van der Waals surface area contributed by atoms with Gasteiger partial charge in [-0.1, -0.05) is 31.8 Å². The number of carbonyl (C=O) groups excluding carboxylic acids is 1. The first kappa shape index (κ1) is 23.9. The molecule has 0 aromatic carbocycles. The Hall–Kier alpha value is -1.16. The topological polar surface area (TPSA) is 127 Å². The van der Waals surface area contributed by atoms with Gasteiger partial charge in [0.25, 0.3) is 0 Å². The lowest BCUT2D eigenvalue weighted by atomic mass is 9.92. The minimum atomic E-state index is -3.93. The number of hydrogen-bond acceptors (Lipinski definition) is 6. The Labute approximate surface area is 167 Å². The summed E-state index contributed by atoms with van der Waals surface area (Å²) in [5.74, 6) is -0.108. The molecule has 1 heterocycles. The highest BCUT2D eigenvalue weighted by Crippen LogP contribution is 2.32. The lowest BCUT2D eigenvalue weighted by molar-refractivity contribution is -0.127. The smallest absolute Gasteiger partial charge is 0.246 e. The van der Waals surface area contributed by atoms with Crippen LogP contribution in [-0.4, -0.2) is 37.1 Å². The second-order valence-corrected chi connectivity index (χ2v) is 8.92. The molecule has 0 saturated heterocycles. The summed E-state index contributed by atoms with van der Waals surface area (Å²) in [6, 6.07) is 0. The van der Waals surface area contributed by atoms with Crippen LogP contribution in [0.4, 0.5) is 0 Å². The van der Waals surface area contributed by atoms with E-state index in [1.165, 1.54) is 0 Å². The molecule has 0 spiro atoms. The van der Waals surface area contributed by atoms with Gasteiger partial charge in [0.05, 0.1) is 0 Å². The third-order valence-corrected chi connectivity index (χ3v) is 7.25. The van der Waals surface area contributed by atoms with E-state index in [9.17, 15) is 13.2 Å². The van der Waals surface area contributed by atoms with E-state index in [1.807, 2.05) is 13.8 Å². The highest BCUT2D eigenvalue weighted by atomic mass is 35.5. The largest absolute Gasteiger partial charge is 0.360 e. The SMILES string of the molecule is CCC(N)(CC)CNC(=O)C1(NS(=O)(=O)c2c(C)noc2C)CCCC1.Cl. The fraction of sp³-hybridized carbons (Fsp3) is 0.765. The number of halogens is 1. The first-order valence-corrected chi connectivity index (χ1v) is 10.6. The van der Waals surface area contributed by atoms with Crippen LogP contribution in [0.25, 0.3) is 0 Å². The molecule has 0 atom stereocenters. The van der Waals surface area contributed by atoms with Crippen molar-refractivity contribution in [2.45, 2.75) is 82.2 Å². The molecule has 27 heavy (non-hydrogen) atoms. The zero-order valence-corrected chi connectivity index (χ0v) is 18.1. The maximum absolute atomic E-state index is 12.9. The number of nitrogens with two attached hydrogens (primary N) is 1. The van der Waals surface area contributed by atoms with E-state index in [2.05, 4.69) is 15.2 Å². The lowest BCUT2D eigenvalue weighted by Gasteiger charge is -2.32. The molecule has 0 aliphatic heterocycles. The average Bonchev–Trinajstić information content (AvgIpc) is 3.19. The van der Waals surface area contributed by atoms with Gasteiger partial charge in [-0.3, -0.25) is 4.79 Å². The summed E-state index contributed by atoms with van der Waals surface area (Å²) in [6.45, 7) is 7.37. The third-order valence-electron chi connectivity index (χ3n) is 5.47. The van der Waals surface area contributed by atoms with E-state index in [4.69, 9.17) is 10.3 Å². The molecule has 0 unspecified atom stereocenters. The van der Waals surface area contributed by atoms with Crippen LogP contribution < -0.4 is 15.8 Å². The number of nitrogens with one attached hydrogen (secondary N) is 2. The summed E-state index contributed by atoms with van der Waals surface area (Å²) in [5, 5.41) is 6.58. The highest BCUT2D eigenvalue weighted by Gasteiger charge is 2.45. The zero-order chi connectivity index (χ0) is 19.6. The van der Waals surface area contributed by atoms with E-state index >= 15 is 0 Å². The van der Waals surface area contributed by atoms with E-state index in [0.717, 1.165) is 25.7 Å². The molecule has 1 aliphatic rings. The van der Waals surface area contributed by atoms with Gasteiger partial charge in [-0.25, -0.2) is 8.42 Å². The van der Waals surface area contributed by atoms with Gasteiger partial charge >= 0.3 is 0 Å². The second-order valence-electron chi connectivity index (χ2n) is 7.30. The van der Waals surface area contributed by atoms with Gasteiger partial charge in [-0.15, -0.1) is 12.4 Å². The van der Waals surface area contributed by atoms with Crippen molar-refractivity contribution in [3.8, 4) is 0 Å². The van der Waals surface area contributed by atoms with Gasteiger partial charge in [-0.05, 0) is 39.5 Å². The van der Waals surface area contributed by atoms with Gasteiger partial charge in [0.1, 0.15) is 16.1 Å². The average molecular weight is 423 g/mol. The van der Waals surface area contributed by atoms with Crippen molar-refractivity contribution in [2.75, 3.05) is 6.54 Å².